The first-order valence-electron chi connectivity index (χ1n) is 15.2. The number of Topliss-reactive ketones (excluding diaryl/α,β-unsaturated/α-hetero) is 1. The van der Waals surface area contributed by atoms with E-state index in [-0.39, 0.29) is 36.7 Å². The molecule has 4 unspecified atom stereocenters. The highest BCUT2D eigenvalue weighted by molar-refractivity contribution is 5.98. The first-order chi connectivity index (χ1) is 23.3. The van der Waals surface area contributed by atoms with Gasteiger partial charge in [0.2, 0.25) is 0 Å². The zero-order valence-electron chi connectivity index (χ0n) is 26.2. The van der Waals surface area contributed by atoms with Crippen LogP contribution in [-0.4, -0.2) is 75.5 Å². The van der Waals surface area contributed by atoms with E-state index in [1.807, 2.05) is 0 Å². The molecule has 11 heteroatoms. The third-order valence-corrected chi connectivity index (χ3v) is 8.07. The highest BCUT2D eigenvalue weighted by Gasteiger charge is 2.51. The summed E-state index contributed by atoms with van der Waals surface area (Å²) in [6.45, 7) is 0.154. The van der Waals surface area contributed by atoms with Crippen LogP contribution in [0.15, 0.2) is 97.1 Å². The zero-order valence-corrected chi connectivity index (χ0v) is 26.2. The molecule has 2 fully saturated rings. The largest absolute Gasteiger partial charge is 0.497 e. The molecule has 0 bridgehead atoms. The van der Waals surface area contributed by atoms with E-state index in [0.29, 0.717) is 28.2 Å². The van der Waals surface area contributed by atoms with Crippen LogP contribution >= 0.6 is 0 Å². The van der Waals surface area contributed by atoms with Crippen LogP contribution in [0.2, 0.25) is 0 Å². The second-order valence-electron chi connectivity index (χ2n) is 11.2. The number of benzene rings is 4. The first kappa shape index (κ1) is 32.4. The highest BCUT2D eigenvalue weighted by atomic mass is 16.7. The van der Waals surface area contributed by atoms with Crippen molar-refractivity contribution in [3.05, 3.63) is 125 Å². The van der Waals surface area contributed by atoms with Crippen molar-refractivity contribution in [2.75, 3.05) is 27.4 Å². The van der Waals surface area contributed by atoms with E-state index >= 15 is 0 Å². The summed E-state index contributed by atoms with van der Waals surface area (Å²) < 4.78 is 38.6. The molecule has 246 valence electrons. The number of esters is 3. The maximum Gasteiger partial charge on any atom is 0.343 e. The molecular weight excluding hydrogens is 620 g/mol. The summed E-state index contributed by atoms with van der Waals surface area (Å²) in [5.41, 5.74) is 2.24. The van der Waals surface area contributed by atoms with Crippen molar-refractivity contribution < 1.29 is 52.3 Å². The number of carbonyl (C=O) groups excluding carboxylic acids is 4. The average molecular weight is 653 g/mol. The lowest BCUT2D eigenvalue weighted by molar-refractivity contribution is -0.0287. The maximum atomic E-state index is 12.9. The number of fused-ring (bicyclic) bond motifs is 1. The van der Waals surface area contributed by atoms with Gasteiger partial charge in [0.05, 0.1) is 44.1 Å². The topological polar surface area (TPSA) is 133 Å². The van der Waals surface area contributed by atoms with Crippen molar-refractivity contribution in [1.29, 1.82) is 0 Å². The molecule has 0 amide bonds. The first-order valence-corrected chi connectivity index (χ1v) is 15.2. The van der Waals surface area contributed by atoms with Crippen molar-refractivity contribution in [2.45, 2.75) is 30.8 Å². The van der Waals surface area contributed by atoms with Gasteiger partial charge in [-0.15, -0.1) is 0 Å². The Hall–Kier alpha value is -5.52. The van der Waals surface area contributed by atoms with Crippen molar-refractivity contribution in [1.82, 2.24) is 0 Å². The van der Waals surface area contributed by atoms with Crippen LogP contribution in [0, 0.1) is 0 Å². The summed E-state index contributed by atoms with van der Waals surface area (Å²) in [7, 11) is 3.10. The molecule has 0 N–H and O–H groups in total. The van der Waals surface area contributed by atoms with E-state index in [9.17, 15) is 19.2 Å². The van der Waals surface area contributed by atoms with Gasteiger partial charge in [0.1, 0.15) is 29.5 Å². The Morgan fingerprint density at radius 3 is 1.40 bits per heavy atom. The molecule has 2 aliphatic heterocycles. The minimum absolute atomic E-state index is 0.0564. The Balaban J connectivity index is 0.977. The number of methoxy groups -OCH3 is 2. The van der Waals surface area contributed by atoms with Crippen LogP contribution in [-0.2, 0) is 25.4 Å². The molecule has 48 heavy (non-hydrogen) atoms. The van der Waals surface area contributed by atoms with Crippen LogP contribution in [0.5, 0.6) is 17.2 Å². The molecule has 0 radical (unpaired) electrons. The third kappa shape index (κ3) is 7.38. The molecule has 0 aliphatic carbocycles. The van der Waals surface area contributed by atoms with Crippen LogP contribution in [0.1, 0.15) is 47.0 Å². The van der Waals surface area contributed by atoms with Crippen molar-refractivity contribution in [2.24, 2.45) is 0 Å². The number of hydrogen-bond donors (Lipinski definition) is 0. The summed E-state index contributed by atoms with van der Waals surface area (Å²) in [6, 6.07) is 26.0. The van der Waals surface area contributed by atoms with Gasteiger partial charge in [-0.3, -0.25) is 4.79 Å². The van der Waals surface area contributed by atoms with Crippen LogP contribution in [0.4, 0.5) is 0 Å². The summed E-state index contributed by atoms with van der Waals surface area (Å²) in [5, 5.41) is 0. The second kappa shape index (κ2) is 14.5. The fraction of sp³-hybridized carbons (Fsp3) is 0.243. The van der Waals surface area contributed by atoms with E-state index in [0.717, 1.165) is 5.56 Å². The standard InChI is InChI=1S/C37H32O11/c1-42-27-13-7-23(8-14-27)30(38)19-22-3-5-24(6-4-22)36(40)47-31-20-44-34-32(21-45-33(31)34)48-37(41)26-11-17-29(18-12-26)46-35(39)25-9-15-28(43-2)16-10-25/h3-18,31-34H,19-21H2,1-2H3. The van der Waals surface area contributed by atoms with Gasteiger partial charge in [-0.25, -0.2) is 14.4 Å². The molecule has 2 saturated heterocycles. The van der Waals surface area contributed by atoms with Crippen molar-refractivity contribution in [3.63, 3.8) is 0 Å². The number of ether oxygens (including phenoxy) is 7. The lowest BCUT2D eigenvalue weighted by atomic mass is 10.0. The van der Waals surface area contributed by atoms with E-state index in [1.54, 1.807) is 79.9 Å². The lowest BCUT2D eigenvalue weighted by Crippen LogP contribution is -2.36. The third-order valence-electron chi connectivity index (χ3n) is 8.07. The Morgan fingerprint density at radius 1 is 0.542 bits per heavy atom. The van der Waals surface area contributed by atoms with E-state index in [4.69, 9.17) is 33.2 Å². The molecule has 0 spiro atoms. The second-order valence-corrected chi connectivity index (χ2v) is 11.2. The number of rotatable bonds is 11. The fourth-order valence-corrected chi connectivity index (χ4v) is 5.42. The van der Waals surface area contributed by atoms with Gasteiger partial charge in [-0.1, -0.05) is 12.1 Å². The molecule has 11 nitrogen and oxygen atoms in total. The molecule has 2 heterocycles. The Labute approximate surface area is 276 Å². The molecule has 4 aromatic carbocycles. The minimum Gasteiger partial charge on any atom is -0.497 e. The summed E-state index contributed by atoms with van der Waals surface area (Å²) >= 11 is 0. The summed E-state index contributed by atoms with van der Waals surface area (Å²) in [6.07, 6.45) is -2.43. The fourth-order valence-electron chi connectivity index (χ4n) is 5.42. The Morgan fingerprint density at radius 2 is 0.938 bits per heavy atom. The van der Waals surface area contributed by atoms with E-state index in [2.05, 4.69) is 0 Å². The predicted octanol–water partition coefficient (Wildman–Crippen LogP) is 4.90. The number of carbonyl (C=O) groups is 4. The monoisotopic (exact) mass is 652 g/mol. The zero-order chi connectivity index (χ0) is 33.6. The van der Waals surface area contributed by atoms with Crippen molar-refractivity contribution >= 4 is 23.7 Å². The SMILES string of the molecule is COc1ccc(C(=O)Cc2ccc(C(=O)OC3COC4C(OC(=O)c5ccc(OC(=O)c6ccc(OC)cc6)cc5)COC34)cc2)cc1. The van der Waals surface area contributed by atoms with Gasteiger partial charge in [0.25, 0.3) is 0 Å². The van der Waals surface area contributed by atoms with E-state index < -0.39 is 42.3 Å². The van der Waals surface area contributed by atoms with Gasteiger partial charge in [0, 0.05) is 12.0 Å². The lowest BCUT2D eigenvalue weighted by Gasteiger charge is -2.17. The molecule has 0 aromatic heterocycles. The summed E-state index contributed by atoms with van der Waals surface area (Å²) in [5.74, 6) is -0.225. The van der Waals surface area contributed by atoms with Gasteiger partial charge >= 0.3 is 17.9 Å². The molecule has 4 atom stereocenters. The number of hydrogen-bond acceptors (Lipinski definition) is 11. The van der Waals surface area contributed by atoms with Gasteiger partial charge in [-0.2, -0.15) is 0 Å². The Bertz CT molecular complexity index is 1630. The maximum absolute atomic E-state index is 12.9. The molecule has 4 aromatic rings. The van der Waals surface area contributed by atoms with Gasteiger partial charge in [0.15, 0.2) is 18.0 Å². The minimum atomic E-state index is -0.707. The molecule has 6 rings (SSSR count). The van der Waals surface area contributed by atoms with Crippen LogP contribution in [0.3, 0.4) is 0 Å². The predicted molar refractivity (Wildman–Crippen MR) is 170 cm³/mol. The van der Waals surface area contributed by atoms with Crippen LogP contribution in [0.25, 0.3) is 0 Å². The summed E-state index contributed by atoms with van der Waals surface area (Å²) in [4.78, 5) is 50.9. The normalized spacial score (nSPS) is 19.5. The number of ketones is 1. The van der Waals surface area contributed by atoms with Crippen LogP contribution < -0.4 is 14.2 Å². The highest BCUT2D eigenvalue weighted by Crippen LogP contribution is 2.32. The van der Waals surface area contributed by atoms with E-state index in [1.165, 1.54) is 31.4 Å². The van der Waals surface area contributed by atoms with Gasteiger partial charge in [-0.05, 0) is 90.5 Å². The molecule has 2 aliphatic rings. The molecular formula is C37H32O11. The quantitative estimate of drug-likeness (QED) is 0.125. The Kier molecular flexibility index (Phi) is 9.79. The molecule has 0 saturated carbocycles. The smallest absolute Gasteiger partial charge is 0.343 e. The average Bonchev–Trinajstić information content (AvgIpc) is 3.71. The van der Waals surface area contributed by atoms with Crippen molar-refractivity contribution in [3.8, 4) is 17.2 Å². The van der Waals surface area contributed by atoms with Gasteiger partial charge < -0.3 is 33.2 Å².